The average molecular weight is 387 g/mol. The number of anilines is 2. The van der Waals surface area contributed by atoms with E-state index in [1.54, 1.807) is 4.90 Å². The van der Waals surface area contributed by atoms with E-state index in [0.29, 0.717) is 26.3 Å². The molecule has 3 rings (SSSR count). The van der Waals surface area contributed by atoms with Crippen LogP contribution in [0.15, 0.2) is 29.3 Å². The lowest BCUT2D eigenvalue weighted by atomic mass is 10.2. The molecule has 0 atom stereocenters. The molecule has 1 aliphatic heterocycles. The van der Waals surface area contributed by atoms with Crippen molar-refractivity contribution < 1.29 is 31.8 Å². The van der Waals surface area contributed by atoms with Crippen LogP contribution in [0.1, 0.15) is 10.5 Å². The number of aromatic nitrogens is 1. The monoisotopic (exact) mass is 387 g/mol. The fourth-order valence-electron chi connectivity index (χ4n) is 2.54. The van der Waals surface area contributed by atoms with Gasteiger partial charge in [0.15, 0.2) is 11.6 Å². The molecule has 140 valence electrons. The van der Waals surface area contributed by atoms with Crippen molar-refractivity contribution in [2.45, 2.75) is 4.90 Å². The zero-order chi connectivity index (χ0) is 18.9. The van der Waals surface area contributed by atoms with E-state index in [2.05, 4.69) is 9.71 Å². The van der Waals surface area contributed by atoms with Crippen LogP contribution in [-0.2, 0) is 14.8 Å². The normalized spacial score (nSPS) is 15.1. The second-order valence-corrected chi connectivity index (χ2v) is 7.22. The number of carboxylic acids is 1. The minimum atomic E-state index is -4.21. The Balaban J connectivity index is 1.97. The zero-order valence-corrected chi connectivity index (χ0v) is 14.1. The van der Waals surface area contributed by atoms with Gasteiger partial charge in [0.25, 0.3) is 10.0 Å². The van der Waals surface area contributed by atoms with Crippen LogP contribution >= 0.6 is 0 Å². The molecule has 0 bridgehead atoms. The van der Waals surface area contributed by atoms with Crippen molar-refractivity contribution >= 4 is 27.4 Å². The van der Waals surface area contributed by atoms with Gasteiger partial charge in [0.1, 0.15) is 10.6 Å². The quantitative estimate of drug-likeness (QED) is 0.719. The van der Waals surface area contributed by atoms with Gasteiger partial charge in [-0.2, -0.15) is 0 Å². The molecule has 0 spiro atoms. The number of aromatic carboxylic acids is 1. The molecule has 0 unspecified atom stereocenters. The smallest absolute Gasteiger partial charge is 0.352 e. The number of H-pyrrole nitrogens is 1. The number of carboxylic acid groups (broad SMARTS) is 1. The molecule has 0 radical (unpaired) electrons. The summed E-state index contributed by atoms with van der Waals surface area (Å²) >= 11 is 0. The van der Waals surface area contributed by atoms with E-state index in [9.17, 15) is 22.0 Å². The number of morpholine rings is 1. The van der Waals surface area contributed by atoms with Gasteiger partial charge in [0.2, 0.25) is 0 Å². The highest BCUT2D eigenvalue weighted by atomic mass is 32.2. The summed E-state index contributed by atoms with van der Waals surface area (Å²) in [7, 11) is -4.21. The van der Waals surface area contributed by atoms with Crippen molar-refractivity contribution in [3.8, 4) is 0 Å². The molecule has 0 amide bonds. The fraction of sp³-hybridized carbons (Fsp3) is 0.267. The van der Waals surface area contributed by atoms with Crippen molar-refractivity contribution in [2.24, 2.45) is 0 Å². The number of sulfonamides is 1. The Hall–Kier alpha value is -2.66. The summed E-state index contributed by atoms with van der Waals surface area (Å²) in [5.74, 6) is -3.64. The number of halogens is 2. The highest BCUT2D eigenvalue weighted by Gasteiger charge is 2.23. The molecular formula is C15H15F2N3O5S. The van der Waals surface area contributed by atoms with E-state index in [0.717, 1.165) is 24.4 Å². The van der Waals surface area contributed by atoms with E-state index in [1.165, 1.54) is 0 Å². The maximum Gasteiger partial charge on any atom is 0.352 e. The van der Waals surface area contributed by atoms with Crippen LogP contribution in [0, 0.1) is 11.6 Å². The second kappa shape index (κ2) is 6.92. The number of rotatable bonds is 5. The van der Waals surface area contributed by atoms with Gasteiger partial charge in [-0.05, 0) is 6.07 Å². The third kappa shape index (κ3) is 3.63. The Bertz CT molecular complexity index is 939. The van der Waals surface area contributed by atoms with Crippen molar-refractivity contribution in [3.05, 3.63) is 41.7 Å². The summed E-state index contributed by atoms with van der Waals surface area (Å²) in [5.41, 5.74) is -0.294. The molecule has 11 heteroatoms. The maximum absolute atomic E-state index is 13.7. The van der Waals surface area contributed by atoms with Crippen LogP contribution < -0.4 is 9.62 Å². The summed E-state index contributed by atoms with van der Waals surface area (Å²) < 4.78 is 59.7. The highest BCUT2D eigenvalue weighted by molar-refractivity contribution is 7.92. The molecule has 8 nitrogen and oxygen atoms in total. The standard InChI is InChI=1S/C15H15F2N3O5S/c16-10-6-12(14(7-11(10)17)20-1-3-25-4-2-20)19-26(23,24)9-5-13(15(21)22)18-8-9/h5-8,18-19H,1-4H2,(H,21,22). The Labute approximate surface area is 147 Å². The lowest BCUT2D eigenvalue weighted by molar-refractivity contribution is 0.0691. The van der Waals surface area contributed by atoms with Gasteiger partial charge in [0.05, 0.1) is 24.6 Å². The predicted octanol–water partition coefficient (Wildman–Crippen LogP) is 1.63. The highest BCUT2D eigenvalue weighted by Crippen LogP contribution is 2.31. The number of benzene rings is 1. The van der Waals surface area contributed by atoms with Gasteiger partial charge in [0, 0.05) is 31.4 Å². The fourth-order valence-corrected chi connectivity index (χ4v) is 3.60. The van der Waals surface area contributed by atoms with Crippen LogP contribution in [0.2, 0.25) is 0 Å². The largest absolute Gasteiger partial charge is 0.477 e. The van der Waals surface area contributed by atoms with Crippen LogP contribution in [-0.4, -0.2) is 50.8 Å². The topological polar surface area (TPSA) is 112 Å². The summed E-state index contributed by atoms with van der Waals surface area (Å²) in [6.45, 7) is 1.50. The SMILES string of the molecule is O=C(O)c1cc(S(=O)(=O)Nc2cc(F)c(F)cc2N2CCOCC2)c[nH]1. The first-order valence-electron chi connectivity index (χ1n) is 7.54. The Morgan fingerprint density at radius 3 is 2.46 bits per heavy atom. The maximum atomic E-state index is 13.7. The number of hydrogen-bond donors (Lipinski definition) is 3. The molecule has 0 aliphatic carbocycles. The number of ether oxygens (including phenoxy) is 1. The second-order valence-electron chi connectivity index (χ2n) is 5.54. The summed E-state index contributed by atoms with van der Waals surface area (Å²) in [6, 6.07) is 2.60. The van der Waals surface area contributed by atoms with E-state index < -0.39 is 27.6 Å². The van der Waals surface area contributed by atoms with Gasteiger partial charge in [-0.15, -0.1) is 0 Å². The number of nitrogens with one attached hydrogen (secondary N) is 2. The van der Waals surface area contributed by atoms with Crippen molar-refractivity contribution in [2.75, 3.05) is 35.9 Å². The molecule has 3 N–H and O–H groups in total. The summed E-state index contributed by atoms with van der Waals surface area (Å²) in [4.78, 5) is 14.5. The summed E-state index contributed by atoms with van der Waals surface area (Å²) in [6.07, 6.45) is 1.00. The molecule has 2 heterocycles. The molecular weight excluding hydrogens is 372 g/mol. The van der Waals surface area contributed by atoms with Gasteiger partial charge >= 0.3 is 5.97 Å². The van der Waals surface area contributed by atoms with Crippen molar-refractivity contribution in [3.63, 3.8) is 0 Å². The third-order valence-corrected chi connectivity index (χ3v) is 5.18. The molecule has 1 aromatic heterocycles. The van der Waals surface area contributed by atoms with E-state index in [1.807, 2.05) is 0 Å². The van der Waals surface area contributed by atoms with Gasteiger partial charge in [-0.25, -0.2) is 22.0 Å². The molecule has 1 aromatic carbocycles. The van der Waals surface area contributed by atoms with Crippen molar-refractivity contribution in [1.29, 1.82) is 0 Å². The van der Waals surface area contributed by atoms with Crippen LogP contribution in [0.4, 0.5) is 20.2 Å². The first-order chi connectivity index (χ1) is 12.3. The number of carbonyl (C=O) groups is 1. The Morgan fingerprint density at radius 1 is 1.19 bits per heavy atom. The molecule has 26 heavy (non-hydrogen) atoms. The molecule has 1 aliphatic rings. The average Bonchev–Trinajstić information content (AvgIpc) is 3.10. The zero-order valence-electron chi connectivity index (χ0n) is 13.3. The minimum Gasteiger partial charge on any atom is -0.477 e. The number of nitrogens with zero attached hydrogens (tertiary/aromatic N) is 1. The minimum absolute atomic E-state index is 0.149. The van der Waals surface area contributed by atoms with Crippen LogP contribution in [0.5, 0.6) is 0 Å². The van der Waals surface area contributed by atoms with E-state index >= 15 is 0 Å². The van der Waals surface area contributed by atoms with Gasteiger partial charge in [-0.1, -0.05) is 0 Å². The molecule has 0 saturated carbocycles. The lowest BCUT2D eigenvalue weighted by Gasteiger charge is -2.30. The first kappa shape index (κ1) is 18.1. The molecule has 2 aromatic rings. The third-order valence-electron chi connectivity index (χ3n) is 3.83. The van der Waals surface area contributed by atoms with Crippen LogP contribution in [0.3, 0.4) is 0 Å². The number of hydrogen-bond acceptors (Lipinski definition) is 5. The van der Waals surface area contributed by atoms with Crippen molar-refractivity contribution in [1.82, 2.24) is 4.98 Å². The van der Waals surface area contributed by atoms with Gasteiger partial charge in [-0.3, -0.25) is 4.72 Å². The summed E-state index contributed by atoms with van der Waals surface area (Å²) in [5, 5.41) is 8.88. The first-order valence-corrected chi connectivity index (χ1v) is 9.02. The predicted molar refractivity (Wildman–Crippen MR) is 88.0 cm³/mol. The molecule has 1 fully saturated rings. The molecule has 1 saturated heterocycles. The van der Waals surface area contributed by atoms with Gasteiger partial charge < -0.3 is 19.7 Å². The lowest BCUT2D eigenvalue weighted by Crippen LogP contribution is -2.37. The Kier molecular flexibility index (Phi) is 4.83. The van der Waals surface area contributed by atoms with E-state index in [-0.39, 0.29) is 22.0 Å². The van der Waals surface area contributed by atoms with E-state index in [4.69, 9.17) is 9.84 Å². The Morgan fingerprint density at radius 2 is 1.85 bits per heavy atom. The van der Waals surface area contributed by atoms with Crippen LogP contribution in [0.25, 0.3) is 0 Å². The number of aromatic amines is 1.